The Morgan fingerprint density at radius 2 is 1.88 bits per heavy atom. The van der Waals surface area contributed by atoms with Crippen molar-refractivity contribution in [3.8, 4) is 11.6 Å². The molecule has 0 aliphatic rings. The van der Waals surface area contributed by atoms with Gasteiger partial charge in [0.15, 0.2) is 0 Å². The van der Waals surface area contributed by atoms with Crippen LogP contribution < -0.4 is 15.2 Å². The molecule has 0 saturated carbocycles. The minimum atomic E-state index is -4.58. The molecule has 4 nitrogen and oxygen atoms in total. The van der Waals surface area contributed by atoms with Gasteiger partial charge in [0.05, 0.1) is 27.0 Å². The molecule has 2 N–H and O–H groups in total. The van der Waals surface area contributed by atoms with Crippen molar-refractivity contribution >= 4 is 26.8 Å². The second kappa shape index (κ2) is 7.14. The Labute approximate surface area is 146 Å². The van der Waals surface area contributed by atoms with Crippen molar-refractivity contribution in [2.45, 2.75) is 39.2 Å². The Bertz CT molecular complexity index is 735. The molecule has 132 valence electrons. The summed E-state index contributed by atoms with van der Waals surface area (Å²) in [5.74, 6) is -0.00802. The van der Waals surface area contributed by atoms with E-state index >= 15 is 0 Å². The maximum absolute atomic E-state index is 13.6. The van der Waals surface area contributed by atoms with E-state index in [1.165, 1.54) is 6.07 Å². The van der Waals surface area contributed by atoms with E-state index in [1.54, 1.807) is 26.8 Å². The lowest BCUT2D eigenvalue weighted by Gasteiger charge is -2.20. The molecule has 0 aliphatic carbocycles. The minimum absolute atomic E-state index is 0.0707. The van der Waals surface area contributed by atoms with E-state index in [0.717, 1.165) is 6.07 Å². The van der Waals surface area contributed by atoms with Gasteiger partial charge in [-0.3, -0.25) is 0 Å². The van der Waals surface area contributed by atoms with E-state index < -0.39 is 17.8 Å². The highest BCUT2D eigenvalue weighted by Crippen LogP contribution is 2.43. The third-order valence-electron chi connectivity index (χ3n) is 3.17. The molecular formula is C16H18BrF3N2O2. The predicted octanol–water partition coefficient (Wildman–Crippen LogP) is 4.53. The average Bonchev–Trinajstić information content (AvgIpc) is 2.47. The number of rotatable bonds is 5. The van der Waals surface area contributed by atoms with Crippen LogP contribution in [0.4, 0.5) is 13.2 Å². The molecule has 0 aliphatic heterocycles. The van der Waals surface area contributed by atoms with Crippen LogP contribution in [0.1, 0.15) is 26.3 Å². The summed E-state index contributed by atoms with van der Waals surface area (Å²) >= 11 is 3.24. The van der Waals surface area contributed by atoms with E-state index in [0.29, 0.717) is 4.47 Å². The molecule has 1 aromatic heterocycles. The van der Waals surface area contributed by atoms with Crippen LogP contribution in [0.5, 0.6) is 11.6 Å². The predicted molar refractivity (Wildman–Crippen MR) is 89.4 cm³/mol. The van der Waals surface area contributed by atoms with Gasteiger partial charge in [-0.25, -0.2) is 4.98 Å². The highest BCUT2D eigenvalue weighted by atomic mass is 79.9. The minimum Gasteiger partial charge on any atom is -0.487 e. The zero-order chi connectivity index (χ0) is 18.1. The van der Waals surface area contributed by atoms with Crippen LogP contribution >= 0.6 is 15.9 Å². The number of fused-ring (bicyclic) bond motifs is 1. The maximum atomic E-state index is 13.6. The number of hydrogen-bond acceptors (Lipinski definition) is 4. The number of ether oxygens (including phenoxy) is 2. The second-order valence-corrected chi connectivity index (χ2v) is 6.46. The van der Waals surface area contributed by atoms with Crippen molar-refractivity contribution in [2.75, 3.05) is 6.54 Å². The van der Waals surface area contributed by atoms with Crippen LogP contribution in [0.3, 0.4) is 0 Å². The van der Waals surface area contributed by atoms with E-state index in [4.69, 9.17) is 15.2 Å². The molecule has 0 bridgehead atoms. The molecule has 1 atom stereocenters. The number of alkyl halides is 3. The van der Waals surface area contributed by atoms with Crippen molar-refractivity contribution in [2.24, 2.45) is 5.73 Å². The van der Waals surface area contributed by atoms with Crippen LogP contribution in [0.15, 0.2) is 22.7 Å². The normalized spacial score (nSPS) is 13.4. The first-order valence-corrected chi connectivity index (χ1v) is 8.16. The highest BCUT2D eigenvalue weighted by molar-refractivity contribution is 9.10. The lowest BCUT2D eigenvalue weighted by atomic mass is 10.1. The number of benzene rings is 1. The van der Waals surface area contributed by atoms with E-state index in [1.807, 2.05) is 0 Å². The molecule has 2 aromatic rings. The standard InChI is InChI=1S/C16H18BrF3N2O2/c1-8(2)23-13-6-10(16(18,19)20)14-12(22-13)5-4-11(17)15(14)24-9(3)7-21/h4-6,8-9H,7,21H2,1-3H3/t9-/m1/s1. The lowest BCUT2D eigenvalue weighted by Crippen LogP contribution is -2.23. The zero-order valence-corrected chi connectivity index (χ0v) is 15.0. The van der Waals surface area contributed by atoms with Crippen molar-refractivity contribution in [3.63, 3.8) is 0 Å². The molecule has 2 rings (SSSR count). The molecule has 8 heteroatoms. The first kappa shape index (κ1) is 18.8. The van der Waals surface area contributed by atoms with Crippen molar-refractivity contribution in [1.82, 2.24) is 4.98 Å². The van der Waals surface area contributed by atoms with E-state index in [2.05, 4.69) is 20.9 Å². The number of nitrogens with two attached hydrogens (primary N) is 1. The number of halogens is 4. The van der Waals surface area contributed by atoms with Gasteiger partial charge in [-0.1, -0.05) is 0 Å². The monoisotopic (exact) mass is 406 g/mol. The average molecular weight is 407 g/mol. The van der Waals surface area contributed by atoms with Gasteiger partial charge in [0, 0.05) is 12.6 Å². The summed E-state index contributed by atoms with van der Waals surface area (Å²) in [7, 11) is 0. The van der Waals surface area contributed by atoms with Crippen LogP contribution in [-0.4, -0.2) is 23.7 Å². The lowest BCUT2D eigenvalue weighted by molar-refractivity contribution is -0.136. The van der Waals surface area contributed by atoms with E-state index in [-0.39, 0.29) is 35.2 Å². The molecule has 1 heterocycles. The smallest absolute Gasteiger partial charge is 0.417 e. The first-order chi connectivity index (χ1) is 11.1. The molecular weight excluding hydrogens is 389 g/mol. The van der Waals surface area contributed by atoms with Crippen LogP contribution in [-0.2, 0) is 6.18 Å². The van der Waals surface area contributed by atoms with E-state index in [9.17, 15) is 13.2 Å². The third-order valence-corrected chi connectivity index (χ3v) is 3.79. The second-order valence-electron chi connectivity index (χ2n) is 5.61. The third kappa shape index (κ3) is 4.10. The summed E-state index contributed by atoms with van der Waals surface area (Å²) in [6, 6.07) is 3.98. The topological polar surface area (TPSA) is 57.4 Å². The molecule has 1 aromatic carbocycles. The van der Waals surface area contributed by atoms with Crippen LogP contribution in [0.25, 0.3) is 10.9 Å². The Balaban J connectivity index is 2.76. The summed E-state index contributed by atoms with van der Waals surface area (Å²) in [4.78, 5) is 4.17. The van der Waals surface area contributed by atoms with Gasteiger partial charge in [0.25, 0.3) is 0 Å². The number of hydrogen-bond donors (Lipinski definition) is 1. The van der Waals surface area contributed by atoms with Gasteiger partial charge in [-0.15, -0.1) is 0 Å². The fourth-order valence-corrected chi connectivity index (χ4v) is 2.56. The molecule has 0 amide bonds. The molecule has 0 saturated heterocycles. The molecule has 0 fully saturated rings. The molecule has 0 radical (unpaired) electrons. The Morgan fingerprint density at radius 1 is 1.21 bits per heavy atom. The number of nitrogens with zero attached hydrogens (tertiary/aromatic N) is 1. The summed E-state index contributed by atoms with van der Waals surface area (Å²) in [5, 5.41) is -0.117. The maximum Gasteiger partial charge on any atom is 0.417 e. The summed E-state index contributed by atoms with van der Waals surface area (Å²) in [6.45, 7) is 5.30. The molecule has 0 spiro atoms. The van der Waals surface area contributed by atoms with Gasteiger partial charge in [0.1, 0.15) is 11.9 Å². The van der Waals surface area contributed by atoms with Gasteiger partial charge in [0.2, 0.25) is 5.88 Å². The molecule has 24 heavy (non-hydrogen) atoms. The largest absolute Gasteiger partial charge is 0.487 e. The summed E-state index contributed by atoms with van der Waals surface area (Å²) in [5.41, 5.74) is 4.80. The highest BCUT2D eigenvalue weighted by Gasteiger charge is 2.36. The van der Waals surface area contributed by atoms with Crippen LogP contribution in [0, 0.1) is 0 Å². The SMILES string of the molecule is CC(C)Oc1cc(C(F)(F)F)c2c(O[C@H](C)CN)c(Br)ccc2n1. The fourth-order valence-electron chi connectivity index (χ4n) is 2.14. The van der Waals surface area contributed by atoms with Crippen molar-refractivity contribution in [1.29, 1.82) is 0 Å². The fraction of sp³-hybridized carbons (Fsp3) is 0.438. The van der Waals surface area contributed by atoms with Gasteiger partial charge in [-0.2, -0.15) is 13.2 Å². The van der Waals surface area contributed by atoms with Gasteiger partial charge >= 0.3 is 6.18 Å². The Hall–Kier alpha value is -1.54. The first-order valence-electron chi connectivity index (χ1n) is 7.37. The summed E-state index contributed by atoms with van der Waals surface area (Å²) < 4.78 is 52.1. The quantitative estimate of drug-likeness (QED) is 0.792. The summed E-state index contributed by atoms with van der Waals surface area (Å²) in [6.07, 6.45) is -5.32. The van der Waals surface area contributed by atoms with Crippen molar-refractivity contribution < 1.29 is 22.6 Å². The number of aromatic nitrogens is 1. The zero-order valence-electron chi connectivity index (χ0n) is 13.4. The van der Waals surface area contributed by atoms with Gasteiger partial charge < -0.3 is 15.2 Å². The van der Waals surface area contributed by atoms with Crippen LogP contribution in [0.2, 0.25) is 0 Å². The van der Waals surface area contributed by atoms with Gasteiger partial charge in [-0.05, 0) is 48.8 Å². The Kier molecular flexibility index (Phi) is 5.59. The number of pyridine rings is 1. The Morgan fingerprint density at radius 3 is 2.42 bits per heavy atom. The van der Waals surface area contributed by atoms with Crippen molar-refractivity contribution in [3.05, 3.63) is 28.2 Å². The molecule has 0 unspecified atom stereocenters.